The third-order valence-corrected chi connectivity index (χ3v) is 13.1. The van der Waals surface area contributed by atoms with Gasteiger partial charge in [-0.1, -0.05) is 90.6 Å². The lowest BCUT2D eigenvalue weighted by Crippen LogP contribution is -2.12. The molecular weight excluding hydrogens is 1380 g/mol. The number of nitriles is 2. The molecule has 0 radical (unpaired) electrons. The molecule has 0 fully saturated rings. The van der Waals surface area contributed by atoms with Crippen LogP contribution in [-0.4, -0.2) is 80.9 Å². The van der Waals surface area contributed by atoms with Crippen LogP contribution in [0.2, 0.25) is 0 Å². The van der Waals surface area contributed by atoms with E-state index in [0.717, 1.165) is 84.8 Å². The second kappa shape index (κ2) is 53.4. The number of ether oxygens (including phenoxy) is 5. The van der Waals surface area contributed by atoms with Gasteiger partial charge in [0.25, 0.3) is 0 Å². The van der Waals surface area contributed by atoms with E-state index in [-0.39, 0.29) is 48.0 Å². The van der Waals surface area contributed by atoms with Crippen LogP contribution in [0.15, 0.2) is 158 Å². The van der Waals surface area contributed by atoms with E-state index in [1.54, 1.807) is 97.3 Å². The lowest BCUT2D eigenvalue weighted by atomic mass is 10.2. The molecule has 2 heterocycles. The quantitative estimate of drug-likeness (QED) is 0.00876. The van der Waals surface area contributed by atoms with Crippen molar-refractivity contribution in [1.82, 2.24) is 9.97 Å². The van der Waals surface area contributed by atoms with Gasteiger partial charge in [-0.25, -0.2) is 24.5 Å². The third-order valence-electron chi connectivity index (χ3n) is 11.4. The molecule has 0 bridgehead atoms. The number of hydrogen-bond donors (Lipinski definition) is 6. The molecule has 0 aliphatic carbocycles. The van der Waals surface area contributed by atoms with E-state index in [1.807, 2.05) is 48.5 Å². The number of nitrogens with one attached hydrogen (secondary N) is 2. The summed E-state index contributed by atoms with van der Waals surface area (Å²) < 4.78 is 27.9. The monoisotopic (exact) mass is 1450 g/mol. The van der Waals surface area contributed by atoms with E-state index >= 15 is 0 Å². The van der Waals surface area contributed by atoms with Crippen molar-refractivity contribution in [3.8, 4) is 52.4 Å². The van der Waals surface area contributed by atoms with Gasteiger partial charge in [0.05, 0.1) is 76.8 Å². The molecule has 0 saturated carbocycles. The summed E-state index contributed by atoms with van der Waals surface area (Å²) in [5.41, 5.74) is 14.7. The number of alkyl halides is 3. The van der Waals surface area contributed by atoms with Gasteiger partial charge >= 0.3 is 0 Å². The summed E-state index contributed by atoms with van der Waals surface area (Å²) in [7, 11) is 0. The standard InChI is InChI=1S/C18H23N5O2.C18H17N3O2.C12H14BrNO.2C7H5NO.C5H10Br2.2ClH/c19-17(20)13-4-6-14(7-5-13)24-10-2-1-3-11-25-15-8-9-16(18(21)22)23-12-15;1-20-15-5-8-17(9-6-15)22-11-3-2-4-12-23-18-10-7-16(13-19)21-14-18;1-14-11-5-7-12(8-6-11)15-10-4-2-3-9-13;1-8-6-2-4-7(9)5-3-6;8-5-6-1-3-7(9)4-2-6;6-4-2-1-3-5-7;;/h4-9,12H,1-3,10-11H2,(H3,19,20)(H3,21,22);5-10,14H,2-4,11-12H2;5-8H,2-4,9-10H2;2-5,9H;1-4,9H;1-5H2;2*1H. The predicted molar refractivity (Wildman–Crippen MR) is 373 cm³/mol. The van der Waals surface area contributed by atoms with Crippen molar-refractivity contribution in [1.29, 1.82) is 21.3 Å². The van der Waals surface area contributed by atoms with Gasteiger partial charge in [0.1, 0.15) is 69.4 Å². The van der Waals surface area contributed by atoms with Gasteiger partial charge < -0.3 is 45.4 Å². The average molecular weight is 1460 g/mol. The highest BCUT2D eigenvalue weighted by molar-refractivity contribution is 9.09. The molecule has 476 valence electrons. The van der Waals surface area contributed by atoms with E-state index in [0.29, 0.717) is 77.5 Å². The van der Waals surface area contributed by atoms with Crippen molar-refractivity contribution in [2.24, 2.45) is 11.5 Å². The molecule has 5 aromatic carbocycles. The number of halogens is 5. The van der Waals surface area contributed by atoms with Crippen LogP contribution < -0.4 is 35.2 Å². The number of rotatable bonds is 28. The van der Waals surface area contributed by atoms with Gasteiger partial charge in [-0.05, 0) is 180 Å². The van der Waals surface area contributed by atoms with Crippen LogP contribution in [0.3, 0.4) is 0 Å². The van der Waals surface area contributed by atoms with Gasteiger partial charge in [0, 0.05) is 21.6 Å². The Balaban J connectivity index is 0.00000111. The summed E-state index contributed by atoms with van der Waals surface area (Å²) in [6, 6.07) is 44.5. The Morgan fingerprint density at radius 2 is 0.744 bits per heavy atom. The minimum absolute atomic E-state index is 0. The minimum atomic E-state index is -0.0533. The zero-order valence-electron chi connectivity index (χ0n) is 49.8. The van der Waals surface area contributed by atoms with Gasteiger partial charge in [0.2, 0.25) is 0 Å². The number of amidine groups is 2. The van der Waals surface area contributed by atoms with Crippen molar-refractivity contribution >= 4 is 101 Å². The molecule has 7 rings (SSSR count). The van der Waals surface area contributed by atoms with Crippen LogP contribution in [0.25, 0.3) is 14.5 Å². The smallest absolute Gasteiger partial charge is 0.187 e. The summed E-state index contributed by atoms with van der Waals surface area (Å²) in [5.74, 6) is 4.15. The number of phenolic OH excluding ortho intramolecular Hbond substituents is 2. The number of hydrogen-bond acceptors (Lipinski definition) is 13. The maximum atomic E-state index is 8.75. The molecule has 90 heavy (non-hydrogen) atoms. The van der Waals surface area contributed by atoms with Crippen molar-refractivity contribution in [3.05, 3.63) is 215 Å². The van der Waals surface area contributed by atoms with Crippen LogP contribution >= 0.6 is 72.6 Å². The fourth-order valence-corrected chi connectivity index (χ4v) is 7.82. The van der Waals surface area contributed by atoms with Crippen LogP contribution in [0.5, 0.6) is 40.2 Å². The molecule has 0 atom stereocenters. The number of aromatic hydroxyl groups is 2. The summed E-state index contributed by atoms with van der Waals surface area (Å²) in [6.45, 7) is 23.5. The van der Waals surface area contributed by atoms with Crippen molar-refractivity contribution < 1.29 is 33.9 Å². The number of benzene rings is 5. The number of unbranched alkanes of at least 4 members (excludes halogenated alkanes) is 8. The lowest BCUT2D eigenvalue weighted by Gasteiger charge is -2.08. The molecule has 0 spiro atoms. The normalized spacial score (nSPS) is 9.31. The second-order valence-electron chi connectivity index (χ2n) is 18.3. The SMILES string of the molecule is BrCCCCCBr.Cl.Cl.N#Cc1ccc(O)cc1.N=C(N)c1ccc(OCCCCCOc2ccc(C(=N)N)nc2)cc1.[C-]#[N+]c1ccc(O)cc1.[C-]#[N+]c1ccc(OCCCCCBr)cc1.[C-]#[N+]c1ccc(OCCCCCOc2ccc(C#N)nc2)cc1. The first-order chi connectivity index (χ1) is 42.8. The zero-order valence-corrected chi connectivity index (χ0v) is 56.2. The molecule has 0 aliphatic heterocycles. The first-order valence-corrected chi connectivity index (χ1v) is 31.4. The number of nitrogens with two attached hydrogens (primary N) is 2. The molecule has 2 aromatic heterocycles. The van der Waals surface area contributed by atoms with Crippen LogP contribution in [-0.2, 0) is 0 Å². The molecule has 0 unspecified atom stereocenters. The Bertz CT molecular complexity index is 3050. The van der Waals surface area contributed by atoms with Crippen molar-refractivity contribution in [2.75, 3.05) is 49.0 Å². The molecule has 23 heteroatoms. The van der Waals surface area contributed by atoms with E-state index in [4.69, 9.17) is 86.4 Å². The maximum Gasteiger partial charge on any atom is 0.187 e. The number of phenols is 2. The fourth-order valence-electron chi connectivity index (χ4n) is 6.64. The Labute approximate surface area is 567 Å². The van der Waals surface area contributed by atoms with E-state index in [1.165, 1.54) is 56.4 Å². The molecule has 8 N–H and O–H groups in total. The van der Waals surface area contributed by atoms with Gasteiger partial charge in [-0.2, -0.15) is 10.5 Å². The lowest BCUT2D eigenvalue weighted by molar-refractivity contribution is 0.278. The average Bonchev–Trinajstić information content (AvgIpc) is 3.68. The highest BCUT2D eigenvalue weighted by Crippen LogP contribution is 2.21. The fraction of sp³-hybridized carbons (Fsp3) is 0.299. The number of nitrogens with zero attached hydrogens (tertiary/aromatic N) is 7. The predicted octanol–water partition coefficient (Wildman–Crippen LogP) is 17.6. The summed E-state index contributed by atoms with van der Waals surface area (Å²) in [4.78, 5) is 17.8. The number of nitrogen functional groups attached to an aromatic ring is 2. The van der Waals surface area contributed by atoms with Crippen LogP contribution in [0.1, 0.15) is 99.6 Å². The summed E-state index contributed by atoms with van der Waals surface area (Å²) >= 11 is 10.1. The molecule has 0 saturated heterocycles. The summed E-state index contributed by atoms with van der Waals surface area (Å²) in [5, 5.41) is 52.4. The first-order valence-electron chi connectivity index (χ1n) is 28.0. The maximum absolute atomic E-state index is 8.75. The first kappa shape index (κ1) is 81.4. The summed E-state index contributed by atoms with van der Waals surface area (Å²) in [6.07, 6.45) is 16.3. The topological polar surface area (TPSA) is 273 Å². The van der Waals surface area contributed by atoms with Gasteiger partial charge in [-0.3, -0.25) is 10.8 Å². The Morgan fingerprint density at radius 3 is 1.06 bits per heavy atom. The van der Waals surface area contributed by atoms with Crippen molar-refractivity contribution in [3.63, 3.8) is 0 Å². The van der Waals surface area contributed by atoms with E-state index in [2.05, 4.69) is 72.3 Å². The van der Waals surface area contributed by atoms with Crippen LogP contribution in [0, 0.1) is 53.2 Å². The molecule has 0 aliphatic rings. The number of pyridine rings is 2. The zero-order chi connectivity index (χ0) is 64.2. The molecule has 7 aromatic rings. The van der Waals surface area contributed by atoms with Gasteiger partial charge in [0.15, 0.2) is 17.1 Å². The third kappa shape index (κ3) is 40.0. The Kier molecular flexibility index (Phi) is 48.3. The molecule has 0 amide bonds. The van der Waals surface area contributed by atoms with E-state index < -0.39 is 0 Å². The number of aromatic nitrogens is 2. The van der Waals surface area contributed by atoms with E-state index in [9.17, 15) is 0 Å². The Hall–Kier alpha value is -8.59. The highest BCUT2D eigenvalue weighted by atomic mass is 79.9. The largest absolute Gasteiger partial charge is 0.508 e. The van der Waals surface area contributed by atoms with Crippen LogP contribution in [0.4, 0.5) is 17.1 Å². The highest BCUT2D eigenvalue weighted by Gasteiger charge is 2.03. The van der Waals surface area contributed by atoms with Crippen molar-refractivity contribution in [2.45, 2.75) is 77.0 Å². The molecule has 18 nitrogen and oxygen atoms in total. The molecular formula is C67H76Br3Cl2N11O7. The minimum Gasteiger partial charge on any atom is -0.508 e. The Morgan fingerprint density at radius 1 is 0.422 bits per heavy atom. The van der Waals surface area contributed by atoms with Gasteiger partial charge in [-0.15, -0.1) is 24.8 Å². The second-order valence-corrected chi connectivity index (χ2v) is 20.7.